The van der Waals surface area contributed by atoms with Crippen LogP contribution in [0.5, 0.6) is 0 Å². The number of fused-ring (bicyclic) bond motifs is 1. The van der Waals surface area contributed by atoms with E-state index in [1.54, 1.807) is 6.92 Å². The van der Waals surface area contributed by atoms with Crippen molar-refractivity contribution in [3.63, 3.8) is 0 Å². The Morgan fingerprint density at radius 1 is 1.45 bits per heavy atom. The van der Waals surface area contributed by atoms with Gasteiger partial charge in [-0.1, -0.05) is 36.0 Å². The van der Waals surface area contributed by atoms with Gasteiger partial charge in [-0.25, -0.2) is 0 Å². The summed E-state index contributed by atoms with van der Waals surface area (Å²) in [5.74, 6) is 0.753. The molecule has 0 spiro atoms. The highest BCUT2D eigenvalue weighted by atomic mass is 16.3. The van der Waals surface area contributed by atoms with Gasteiger partial charge in [0.15, 0.2) is 0 Å². The number of hydrogen-bond acceptors (Lipinski definition) is 3. The predicted molar refractivity (Wildman–Crippen MR) is 80.0 cm³/mol. The molecule has 1 saturated heterocycles. The van der Waals surface area contributed by atoms with E-state index in [0.717, 1.165) is 23.7 Å². The summed E-state index contributed by atoms with van der Waals surface area (Å²) in [4.78, 5) is 2.08. The van der Waals surface area contributed by atoms with Crippen LogP contribution in [0.1, 0.15) is 26.7 Å². The Balaban J connectivity index is 1.83. The maximum Gasteiger partial charge on any atom is 0.129 e. The van der Waals surface area contributed by atoms with Gasteiger partial charge >= 0.3 is 0 Å². The van der Waals surface area contributed by atoms with Gasteiger partial charge in [-0.15, -0.1) is 0 Å². The SMILES string of the molecule is CC(C=CC1CC1)=CC1C(O)C(C)(O)C2=CC=CCN21. The standard InChI is InChI=1S/C17H23NO2/c1-12(6-7-13-8-9-13)11-14-16(19)17(2,20)15-5-3-4-10-18(14)15/h3-7,11,13-14,16,19-20H,8-10H2,1-2H3. The molecule has 3 nitrogen and oxygen atoms in total. The Bertz CT molecular complexity index is 509. The van der Waals surface area contributed by atoms with Crippen LogP contribution < -0.4 is 0 Å². The van der Waals surface area contributed by atoms with Crippen molar-refractivity contribution in [3.8, 4) is 0 Å². The van der Waals surface area contributed by atoms with E-state index >= 15 is 0 Å². The van der Waals surface area contributed by atoms with Crippen LogP contribution in [-0.2, 0) is 0 Å². The van der Waals surface area contributed by atoms with Gasteiger partial charge < -0.3 is 15.1 Å². The van der Waals surface area contributed by atoms with E-state index in [-0.39, 0.29) is 6.04 Å². The summed E-state index contributed by atoms with van der Waals surface area (Å²) in [5, 5.41) is 21.0. The van der Waals surface area contributed by atoms with Crippen molar-refractivity contribution in [3.05, 3.63) is 47.7 Å². The third kappa shape index (κ3) is 2.36. The molecule has 108 valence electrons. The summed E-state index contributed by atoms with van der Waals surface area (Å²) < 4.78 is 0. The molecule has 3 rings (SSSR count). The smallest absolute Gasteiger partial charge is 0.129 e. The molecule has 3 heteroatoms. The third-order valence-electron chi connectivity index (χ3n) is 4.47. The number of hydrogen-bond donors (Lipinski definition) is 2. The summed E-state index contributed by atoms with van der Waals surface area (Å²) in [5.41, 5.74) is 0.784. The Labute approximate surface area is 120 Å². The lowest BCUT2D eigenvalue weighted by Crippen LogP contribution is -2.39. The lowest BCUT2D eigenvalue weighted by molar-refractivity contribution is -0.0181. The molecule has 2 aliphatic heterocycles. The minimum Gasteiger partial charge on any atom is -0.387 e. The fourth-order valence-electron chi connectivity index (χ4n) is 3.01. The first-order chi connectivity index (χ1) is 9.50. The largest absolute Gasteiger partial charge is 0.387 e. The van der Waals surface area contributed by atoms with E-state index in [1.165, 1.54) is 12.8 Å². The summed E-state index contributed by atoms with van der Waals surface area (Å²) >= 11 is 0. The Morgan fingerprint density at radius 3 is 2.90 bits per heavy atom. The Hall–Kier alpha value is -1.32. The van der Waals surface area contributed by atoms with Crippen LogP contribution in [0.3, 0.4) is 0 Å². The molecule has 1 aliphatic carbocycles. The first-order valence-electron chi connectivity index (χ1n) is 7.41. The van der Waals surface area contributed by atoms with Crippen LogP contribution in [0.4, 0.5) is 0 Å². The van der Waals surface area contributed by atoms with Crippen LogP contribution in [-0.4, -0.2) is 39.4 Å². The molecule has 0 aromatic rings. The molecule has 3 atom stereocenters. The van der Waals surface area contributed by atoms with Gasteiger partial charge in [0.25, 0.3) is 0 Å². The highest BCUT2D eigenvalue weighted by molar-refractivity contribution is 5.36. The highest BCUT2D eigenvalue weighted by Gasteiger charge is 2.50. The first kappa shape index (κ1) is 13.7. The zero-order valence-electron chi connectivity index (χ0n) is 12.2. The van der Waals surface area contributed by atoms with Gasteiger partial charge in [-0.2, -0.15) is 0 Å². The molecule has 1 saturated carbocycles. The maximum absolute atomic E-state index is 10.5. The summed E-state index contributed by atoms with van der Waals surface area (Å²) in [6.07, 6.45) is 14.2. The molecule has 2 N–H and O–H groups in total. The van der Waals surface area contributed by atoms with Crippen molar-refractivity contribution in [1.29, 1.82) is 0 Å². The van der Waals surface area contributed by atoms with E-state index in [1.807, 2.05) is 18.2 Å². The fourth-order valence-corrected chi connectivity index (χ4v) is 3.01. The van der Waals surface area contributed by atoms with Crippen LogP contribution in [0.2, 0.25) is 0 Å². The molecule has 0 amide bonds. The summed E-state index contributed by atoms with van der Waals surface area (Å²) in [6.45, 7) is 4.49. The monoisotopic (exact) mass is 273 g/mol. The zero-order chi connectivity index (χ0) is 14.3. The zero-order valence-corrected chi connectivity index (χ0v) is 12.2. The van der Waals surface area contributed by atoms with Crippen molar-refractivity contribution in [2.45, 2.75) is 44.4 Å². The number of rotatable bonds is 3. The second kappa shape index (κ2) is 4.90. The summed E-state index contributed by atoms with van der Waals surface area (Å²) in [7, 11) is 0. The number of aliphatic hydroxyl groups excluding tert-OH is 1. The Kier molecular flexibility index (Phi) is 3.35. The molecule has 0 bridgehead atoms. The van der Waals surface area contributed by atoms with Crippen molar-refractivity contribution >= 4 is 0 Å². The minimum atomic E-state index is -1.17. The second-order valence-corrected chi connectivity index (χ2v) is 6.32. The van der Waals surface area contributed by atoms with Crippen molar-refractivity contribution < 1.29 is 10.2 Å². The van der Waals surface area contributed by atoms with Gasteiger partial charge in [-0.3, -0.25) is 0 Å². The molecule has 3 aliphatic rings. The van der Waals surface area contributed by atoms with Crippen LogP contribution in [0.25, 0.3) is 0 Å². The van der Waals surface area contributed by atoms with E-state index in [4.69, 9.17) is 0 Å². The van der Waals surface area contributed by atoms with Gasteiger partial charge in [0.2, 0.25) is 0 Å². The first-order valence-corrected chi connectivity index (χ1v) is 7.41. The number of allylic oxidation sites excluding steroid dienone is 5. The van der Waals surface area contributed by atoms with Crippen LogP contribution >= 0.6 is 0 Å². The number of aliphatic hydroxyl groups is 2. The topological polar surface area (TPSA) is 43.7 Å². The third-order valence-corrected chi connectivity index (χ3v) is 4.47. The molecule has 0 aromatic heterocycles. The van der Waals surface area contributed by atoms with E-state index in [2.05, 4.69) is 30.1 Å². The van der Waals surface area contributed by atoms with Crippen molar-refractivity contribution in [1.82, 2.24) is 4.90 Å². The lowest BCUT2D eigenvalue weighted by atomic mass is 9.95. The summed E-state index contributed by atoms with van der Waals surface area (Å²) in [6, 6.07) is -0.162. The van der Waals surface area contributed by atoms with Crippen molar-refractivity contribution in [2.75, 3.05) is 6.54 Å². The van der Waals surface area contributed by atoms with Gasteiger partial charge in [-0.05, 0) is 38.7 Å². The van der Waals surface area contributed by atoms with E-state index in [0.29, 0.717) is 0 Å². The Morgan fingerprint density at radius 2 is 2.20 bits per heavy atom. The van der Waals surface area contributed by atoms with Crippen LogP contribution in [0, 0.1) is 5.92 Å². The molecule has 2 heterocycles. The van der Waals surface area contributed by atoms with Crippen molar-refractivity contribution in [2.24, 2.45) is 5.92 Å². The van der Waals surface area contributed by atoms with Gasteiger partial charge in [0, 0.05) is 12.2 Å². The molecular weight excluding hydrogens is 250 g/mol. The van der Waals surface area contributed by atoms with Gasteiger partial charge in [0.05, 0.1) is 6.04 Å². The average Bonchev–Trinajstić information content (AvgIpc) is 3.23. The molecule has 20 heavy (non-hydrogen) atoms. The van der Waals surface area contributed by atoms with E-state index in [9.17, 15) is 10.2 Å². The molecule has 0 aromatic carbocycles. The molecular formula is C17H23NO2. The van der Waals surface area contributed by atoms with Gasteiger partial charge in [0.1, 0.15) is 11.7 Å². The lowest BCUT2D eigenvalue weighted by Gasteiger charge is -2.27. The average molecular weight is 273 g/mol. The number of nitrogens with zero attached hydrogens (tertiary/aromatic N) is 1. The fraction of sp³-hybridized carbons (Fsp3) is 0.529. The highest BCUT2D eigenvalue weighted by Crippen LogP contribution is 2.39. The van der Waals surface area contributed by atoms with Crippen LogP contribution in [0.15, 0.2) is 47.7 Å². The molecule has 3 unspecified atom stereocenters. The van der Waals surface area contributed by atoms with E-state index < -0.39 is 11.7 Å². The maximum atomic E-state index is 10.5. The molecule has 2 fully saturated rings. The predicted octanol–water partition coefficient (Wildman–Crippen LogP) is 2.15. The second-order valence-electron chi connectivity index (χ2n) is 6.32. The quantitative estimate of drug-likeness (QED) is 0.774. The molecule has 0 radical (unpaired) electrons. The minimum absolute atomic E-state index is 0.162. The normalized spacial score (nSPS) is 37.5.